The summed E-state index contributed by atoms with van der Waals surface area (Å²) >= 11 is 0. The molecule has 0 aromatic heterocycles. The second-order valence-electron chi connectivity index (χ2n) is 9.57. The van der Waals surface area contributed by atoms with Crippen LogP contribution in [-0.4, -0.2) is 37.1 Å². The van der Waals surface area contributed by atoms with Gasteiger partial charge in [0.15, 0.2) is 0 Å². The fraction of sp³-hybridized carbons (Fsp3) is 0.345. The standard InChI is InChI=1S/C29H34N4O2/c30-18-21-3-1-4-22(15-21)19-33(29(34)24-7-8-24)20-23-5-2-6-25(16-23)26-9-10-28(27(31)17-26)32-11-13-35-14-12-32/h1-6,9-10,15-17,24H,7-8,11-14,18-20,30-31H2. The summed E-state index contributed by atoms with van der Waals surface area (Å²) in [5.74, 6) is 0.413. The Morgan fingerprint density at radius 2 is 1.54 bits per heavy atom. The van der Waals surface area contributed by atoms with Gasteiger partial charge < -0.3 is 26.0 Å². The monoisotopic (exact) mass is 470 g/mol. The van der Waals surface area contributed by atoms with Gasteiger partial charge in [0.05, 0.1) is 24.6 Å². The number of rotatable bonds is 8. The second-order valence-corrected chi connectivity index (χ2v) is 9.57. The molecule has 2 aliphatic rings. The molecule has 0 radical (unpaired) electrons. The highest BCUT2D eigenvalue weighted by atomic mass is 16.5. The molecule has 35 heavy (non-hydrogen) atoms. The first-order valence-corrected chi connectivity index (χ1v) is 12.5. The minimum Gasteiger partial charge on any atom is -0.397 e. The smallest absolute Gasteiger partial charge is 0.226 e. The Bertz CT molecular complexity index is 1180. The number of benzene rings is 3. The van der Waals surface area contributed by atoms with Gasteiger partial charge in [-0.05, 0) is 58.9 Å². The summed E-state index contributed by atoms with van der Waals surface area (Å²) in [6.07, 6.45) is 1.99. The molecule has 2 fully saturated rings. The fourth-order valence-electron chi connectivity index (χ4n) is 4.77. The molecule has 1 amide bonds. The van der Waals surface area contributed by atoms with Crippen LogP contribution in [0.3, 0.4) is 0 Å². The van der Waals surface area contributed by atoms with E-state index in [9.17, 15) is 4.79 Å². The van der Waals surface area contributed by atoms with Gasteiger partial charge in [-0.3, -0.25) is 4.79 Å². The lowest BCUT2D eigenvalue weighted by Gasteiger charge is -2.30. The molecular formula is C29H34N4O2. The summed E-state index contributed by atoms with van der Waals surface area (Å²) < 4.78 is 5.47. The van der Waals surface area contributed by atoms with Crippen molar-refractivity contribution in [2.75, 3.05) is 36.9 Å². The topological polar surface area (TPSA) is 84.8 Å². The highest BCUT2D eigenvalue weighted by Crippen LogP contribution is 2.33. The van der Waals surface area contributed by atoms with Crippen LogP contribution in [0.1, 0.15) is 29.5 Å². The van der Waals surface area contributed by atoms with Gasteiger partial charge in [-0.25, -0.2) is 0 Å². The van der Waals surface area contributed by atoms with E-state index in [4.69, 9.17) is 16.2 Å². The third-order valence-electron chi connectivity index (χ3n) is 6.85. The van der Waals surface area contributed by atoms with E-state index >= 15 is 0 Å². The highest BCUT2D eigenvalue weighted by Gasteiger charge is 2.33. The third-order valence-corrected chi connectivity index (χ3v) is 6.85. The molecule has 1 saturated carbocycles. The molecule has 0 unspecified atom stereocenters. The Hall–Kier alpha value is -3.35. The van der Waals surface area contributed by atoms with Crippen molar-refractivity contribution in [3.05, 3.63) is 83.4 Å². The lowest BCUT2D eigenvalue weighted by Crippen LogP contribution is -2.36. The van der Waals surface area contributed by atoms with Gasteiger partial charge in [0.25, 0.3) is 0 Å². The van der Waals surface area contributed by atoms with Crippen LogP contribution in [0.2, 0.25) is 0 Å². The van der Waals surface area contributed by atoms with Gasteiger partial charge in [-0.15, -0.1) is 0 Å². The Balaban J connectivity index is 1.35. The number of nitrogen functional groups attached to an aromatic ring is 1. The number of carbonyl (C=O) groups is 1. The molecule has 182 valence electrons. The molecule has 1 aliphatic heterocycles. The van der Waals surface area contributed by atoms with E-state index in [-0.39, 0.29) is 11.8 Å². The number of anilines is 2. The molecule has 0 bridgehead atoms. The zero-order valence-electron chi connectivity index (χ0n) is 20.2. The van der Waals surface area contributed by atoms with E-state index in [1.54, 1.807) is 0 Å². The Morgan fingerprint density at radius 3 is 2.23 bits per heavy atom. The molecule has 4 N–H and O–H groups in total. The molecule has 6 heteroatoms. The molecule has 1 heterocycles. The van der Waals surface area contributed by atoms with Crippen molar-refractivity contribution in [2.24, 2.45) is 11.7 Å². The zero-order valence-corrected chi connectivity index (χ0v) is 20.2. The average molecular weight is 471 g/mol. The Morgan fingerprint density at radius 1 is 0.886 bits per heavy atom. The summed E-state index contributed by atoms with van der Waals surface area (Å²) in [6.45, 7) is 4.85. The van der Waals surface area contributed by atoms with E-state index in [0.29, 0.717) is 19.6 Å². The van der Waals surface area contributed by atoms with Crippen LogP contribution in [0.15, 0.2) is 66.7 Å². The molecule has 1 saturated heterocycles. The summed E-state index contributed by atoms with van der Waals surface area (Å²) in [7, 11) is 0. The van der Waals surface area contributed by atoms with Gasteiger partial charge in [0.2, 0.25) is 5.91 Å². The predicted octanol–water partition coefficient (Wildman–Crippen LogP) is 4.17. The van der Waals surface area contributed by atoms with Gasteiger partial charge in [0, 0.05) is 38.6 Å². The SMILES string of the molecule is NCc1cccc(CN(Cc2cccc(-c3ccc(N4CCOCC4)c(N)c3)c2)C(=O)C2CC2)c1. The van der Waals surface area contributed by atoms with Gasteiger partial charge >= 0.3 is 0 Å². The summed E-state index contributed by atoms with van der Waals surface area (Å²) in [5, 5.41) is 0. The zero-order chi connectivity index (χ0) is 24.2. The molecule has 6 nitrogen and oxygen atoms in total. The number of amides is 1. The van der Waals surface area contributed by atoms with Crippen LogP contribution in [-0.2, 0) is 29.2 Å². The fourth-order valence-corrected chi connectivity index (χ4v) is 4.77. The summed E-state index contributed by atoms with van der Waals surface area (Å²) in [6, 6.07) is 22.9. The quantitative estimate of drug-likeness (QED) is 0.483. The summed E-state index contributed by atoms with van der Waals surface area (Å²) in [4.78, 5) is 17.4. The predicted molar refractivity (Wildman–Crippen MR) is 141 cm³/mol. The van der Waals surface area contributed by atoms with Gasteiger partial charge in [0.1, 0.15) is 0 Å². The minimum absolute atomic E-state index is 0.170. The average Bonchev–Trinajstić information content (AvgIpc) is 3.74. The largest absolute Gasteiger partial charge is 0.397 e. The minimum atomic E-state index is 0.170. The number of hydrogen-bond acceptors (Lipinski definition) is 5. The van der Waals surface area contributed by atoms with Crippen molar-refractivity contribution in [1.29, 1.82) is 0 Å². The third kappa shape index (κ3) is 5.66. The van der Waals surface area contributed by atoms with Crippen LogP contribution in [0.25, 0.3) is 11.1 Å². The van der Waals surface area contributed by atoms with E-state index in [0.717, 1.165) is 78.3 Å². The lowest BCUT2D eigenvalue weighted by molar-refractivity contribution is -0.133. The van der Waals surface area contributed by atoms with E-state index < -0.39 is 0 Å². The Kier molecular flexibility index (Phi) is 7.02. The number of nitrogens with two attached hydrogens (primary N) is 2. The van der Waals surface area contributed by atoms with Crippen molar-refractivity contribution in [3.8, 4) is 11.1 Å². The van der Waals surface area contributed by atoms with E-state index in [2.05, 4.69) is 59.5 Å². The highest BCUT2D eigenvalue weighted by molar-refractivity contribution is 5.81. The van der Waals surface area contributed by atoms with E-state index in [1.165, 1.54) is 0 Å². The van der Waals surface area contributed by atoms with Crippen LogP contribution in [0, 0.1) is 5.92 Å². The normalized spacial score (nSPS) is 15.7. The lowest BCUT2D eigenvalue weighted by atomic mass is 10.0. The first-order valence-electron chi connectivity index (χ1n) is 12.5. The molecule has 3 aromatic carbocycles. The van der Waals surface area contributed by atoms with Crippen LogP contribution in [0.4, 0.5) is 11.4 Å². The molecule has 0 spiro atoms. The van der Waals surface area contributed by atoms with Crippen molar-refractivity contribution in [1.82, 2.24) is 4.90 Å². The number of carbonyl (C=O) groups excluding carboxylic acids is 1. The second kappa shape index (κ2) is 10.5. The van der Waals surface area contributed by atoms with Crippen LogP contribution >= 0.6 is 0 Å². The molecule has 1 aliphatic carbocycles. The van der Waals surface area contributed by atoms with Gasteiger partial charge in [-0.1, -0.05) is 48.5 Å². The van der Waals surface area contributed by atoms with E-state index in [1.807, 2.05) is 17.0 Å². The molecule has 3 aromatic rings. The number of hydrogen-bond donors (Lipinski definition) is 2. The molecular weight excluding hydrogens is 436 g/mol. The van der Waals surface area contributed by atoms with Crippen LogP contribution in [0.5, 0.6) is 0 Å². The molecule has 0 atom stereocenters. The first-order chi connectivity index (χ1) is 17.1. The maximum absolute atomic E-state index is 13.1. The number of morpholine rings is 1. The number of ether oxygens (including phenoxy) is 1. The van der Waals surface area contributed by atoms with Crippen molar-refractivity contribution in [3.63, 3.8) is 0 Å². The summed E-state index contributed by atoms with van der Waals surface area (Å²) in [5.41, 5.74) is 19.6. The maximum atomic E-state index is 13.1. The molecule has 5 rings (SSSR count). The Labute approximate surface area is 207 Å². The van der Waals surface area contributed by atoms with Crippen molar-refractivity contribution in [2.45, 2.75) is 32.5 Å². The van der Waals surface area contributed by atoms with Crippen molar-refractivity contribution >= 4 is 17.3 Å². The van der Waals surface area contributed by atoms with Crippen molar-refractivity contribution < 1.29 is 9.53 Å². The van der Waals surface area contributed by atoms with Gasteiger partial charge in [-0.2, -0.15) is 0 Å². The first kappa shape index (κ1) is 23.4. The number of nitrogens with zero attached hydrogens (tertiary/aromatic N) is 2. The maximum Gasteiger partial charge on any atom is 0.226 e. The van der Waals surface area contributed by atoms with Crippen LogP contribution < -0.4 is 16.4 Å².